The van der Waals surface area contributed by atoms with E-state index in [1.165, 1.54) is 54.3 Å². The van der Waals surface area contributed by atoms with Crippen molar-refractivity contribution in [2.24, 2.45) is 0 Å². The largest absolute Gasteiger partial charge is 1.00 e. The normalized spacial score (nSPS) is 10.6. The van der Waals surface area contributed by atoms with Crippen molar-refractivity contribution in [1.29, 1.82) is 0 Å². The van der Waals surface area contributed by atoms with Crippen LogP contribution in [0.5, 0.6) is 0 Å². The summed E-state index contributed by atoms with van der Waals surface area (Å²) < 4.78 is 2.47. The van der Waals surface area contributed by atoms with Crippen molar-refractivity contribution in [1.82, 2.24) is 0 Å². The Bertz CT molecular complexity index is 548. The first-order valence-electron chi connectivity index (χ1n) is 7.62. The molecule has 0 aliphatic carbocycles. The average Bonchev–Trinajstić information content (AvgIpc) is 2.41. The second-order valence-corrected chi connectivity index (χ2v) is 5.60. The molecule has 2 rings (SSSR count). The summed E-state index contributed by atoms with van der Waals surface area (Å²) in [5, 5.41) is 1.36. The van der Waals surface area contributed by atoms with Gasteiger partial charge in [0.05, 0.1) is 0 Å². The number of hydrogen-bond donors (Lipinski definition) is 0. The first kappa shape index (κ1) is 17.4. The molecule has 0 saturated heterocycles. The van der Waals surface area contributed by atoms with E-state index in [4.69, 9.17) is 0 Å². The van der Waals surface area contributed by atoms with Gasteiger partial charge in [-0.05, 0) is 25.5 Å². The Labute approximate surface area is 140 Å². The lowest BCUT2D eigenvalue weighted by Gasteiger charge is -2.05. The SMILES string of the molecule is CCCCCCC[n+]1c(C)ccc2cc(C)ccc21.[I-]. The molecule has 0 spiro atoms. The van der Waals surface area contributed by atoms with Crippen LogP contribution in [0.2, 0.25) is 0 Å². The summed E-state index contributed by atoms with van der Waals surface area (Å²) in [6.07, 6.45) is 6.71. The van der Waals surface area contributed by atoms with Gasteiger partial charge in [-0.2, -0.15) is 4.57 Å². The Morgan fingerprint density at radius 1 is 0.900 bits per heavy atom. The minimum atomic E-state index is 0. The summed E-state index contributed by atoms with van der Waals surface area (Å²) in [6.45, 7) is 7.79. The summed E-state index contributed by atoms with van der Waals surface area (Å²) in [7, 11) is 0. The van der Waals surface area contributed by atoms with Crippen LogP contribution in [0.25, 0.3) is 10.9 Å². The number of hydrogen-bond acceptors (Lipinski definition) is 0. The van der Waals surface area contributed by atoms with Gasteiger partial charge < -0.3 is 24.0 Å². The van der Waals surface area contributed by atoms with Crippen LogP contribution in [0, 0.1) is 13.8 Å². The molecule has 110 valence electrons. The van der Waals surface area contributed by atoms with E-state index in [0.717, 1.165) is 6.54 Å². The molecule has 0 bridgehead atoms. The van der Waals surface area contributed by atoms with Crippen LogP contribution < -0.4 is 28.5 Å². The van der Waals surface area contributed by atoms with Gasteiger partial charge in [0.2, 0.25) is 5.52 Å². The lowest BCUT2D eigenvalue weighted by molar-refractivity contribution is -0.677. The van der Waals surface area contributed by atoms with Crippen LogP contribution in [0.4, 0.5) is 0 Å². The number of unbranched alkanes of at least 4 members (excludes halogenated alkanes) is 4. The van der Waals surface area contributed by atoms with Gasteiger partial charge in [0.1, 0.15) is 6.54 Å². The second kappa shape index (κ2) is 8.60. The summed E-state index contributed by atoms with van der Waals surface area (Å²) in [5.41, 5.74) is 4.08. The third-order valence-corrected chi connectivity index (χ3v) is 3.89. The quantitative estimate of drug-likeness (QED) is 0.406. The van der Waals surface area contributed by atoms with Crippen molar-refractivity contribution in [2.45, 2.75) is 59.4 Å². The first-order chi connectivity index (χ1) is 9.22. The maximum Gasteiger partial charge on any atom is 0.212 e. The molecular formula is C18H26IN. The van der Waals surface area contributed by atoms with Crippen molar-refractivity contribution in [2.75, 3.05) is 0 Å². The minimum absolute atomic E-state index is 0. The monoisotopic (exact) mass is 383 g/mol. The molecule has 0 atom stereocenters. The molecule has 0 fully saturated rings. The maximum atomic E-state index is 2.47. The van der Waals surface area contributed by atoms with E-state index in [1.807, 2.05) is 0 Å². The molecule has 20 heavy (non-hydrogen) atoms. The molecule has 0 N–H and O–H groups in total. The Morgan fingerprint density at radius 3 is 2.40 bits per heavy atom. The molecule has 1 aromatic carbocycles. The molecule has 0 aliphatic rings. The Morgan fingerprint density at radius 2 is 1.65 bits per heavy atom. The number of fused-ring (bicyclic) bond motifs is 1. The molecule has 0 radical (unpaired) electrons. The zero-order valence-corrected chi connectivity index (χ0v) is 15.1. The molecule has 0 saturated carbocycles. The molecular weight excluding hydrogens is 357 g/mol. The highest BCUT2D eigenvalue weighted by molar-refractivity contribution is 5.76. The van der Waals surface area contributed by atoms with Gasteiger partial charge in [0.25, 0.3) is 0 Å². The number of halogens is 1. The zero-order valence-electron chi connectivity index (χ0n) is 13.0. The number of nitrogens with zero attached hydrogens (tertiary/aromatic N) is 1. The Hall–Kier alpha value is -0.640. The van der Waals surface area contributed by atoms with Crippen LogP contribution >= 0.6 is 0 Å². The van der Waals surface area contributed by atoms with Crippen molar-refractivity contribution < 1.29 is 28.5 Å². The van der Waals surface area contributed by atoms with Crippen LogP contribution in [0.15, 0.2) is 30.3 Å². The molecule has 1 nitrogen and oxygen atoms in total. The maximum absolute atomic E-state index is 2.47. The van der Waals surface area contributed by atoms with Gasteiger partial charge in [-0.15, -0.1) is 0 Å². The van der Waals surface area contributed by atoms with E-state index in [0.29, 0.717) is 0 Å². The smallest absolute Gasteiger partial charge is 0.212 e. The zero-order chi connectivity index (χ0) is 13.7. The highest BCUT2D eigenvalue weighted by Crippen LogP contribution is 2.13. The van der Waals surface area contributed by atoms with E-state index in [-0.39, 0.29) is 24.0 Å². The van der Waals surface area contributed by atoms with Crippen molar-refractivity contribution >= 4 is 10.9 Å². The number of benzene rings is 1. The number of rotatable bonds is 6. The third-order valence-electron chi connectivity index (χ3n) is 3.89. The highest BCUT2D eigenvalue weighted by Gasteiger charge is 2.11. The van der Waals surface area contributed by atoms with Crippen LogP contribution in [0.1, 0.15) is 50.3 Å². The Kier molecular flexibility index (Phi) is 7.49. The lowest BCUT2D eigenvalue weighted by Crippen LogP contribution is -3.00. The van der Waals surface area contributed by atoms with E-state index in [9.17, 15) is 0 Å². The number of pyridine rings is 1. The molecule has 2 aromatic rings. The van der Waals surface area contributed by atoms with Crippen LogP contribution in [-0.2, 0) is 6.54 Å². The van der Waals surface area contributed by atoms with Gasteiger partial charge in [-0.25, -0.2) is 0 Å². The minimum Gasteiger partial charge on any atom is -1.00 e. The predicted molar refractivity (Wildman–Crippen MR) is 82.4 cm³/mol. The van der Waals surface area contributed by atoms with E-state index in [1.54, 1.807) is 0 Å². The number of aromatic nitrogens is 1. The van der Waals surface area contributed by atoms with Crippen molar-refractivity contribution in [3.8, 4) is 0 Å². The van der Waals surface area contributed by atoms with Crippen molar-refractivity contribution in [3.05, 3.63) is 41.6 Å². The van der Waals surface area contributed by atoms with Gasteiger partial charge in [-0.1, -0.05) is 37.8 Å². The summed E-state index contributed by atoms with van der Waals surface area (Å²) in [6, 6.07) is 11.3. The fourth-order valence-corrected chi connectivity index (χ4v) is 2.71. The summed E-state index contributed by atoms with van der Waals surface area (Å²) in [5.74, 6) is 0. The van der Waals surface area contributed by atoms with E-state index in [2.05, 4.69) is 55.7 Å². The van der Waals surface area contributed by atoms with Crippen LogP contribution in [0.3, 0.4) is 0 Å². The van der Waals surface area contributed by atoms with Gasteiger partial charge in [-0.3, -0.25) is 0 Å². The predicted octanol–water partition coefficient (Wildman–Crippen LogP) is 1.72. The first-order valence-corrected chi connectivity index (χ1v) is 7.62. The third kappa shape index (κ3) is 4.44. The van der Waals surface area contributed by atoms with Crippen LogP contribution in [-0.4, -0.2) is 0 Å². The molecule has 0 unspecified atom stereocenters. The molecule has 0 aliphatic heterocycles. The molecule has 0 amide bonds. The lowest BCUT2D eigenvalue weighted by atomic mass is 10.1. The summed E-state index contributed by atoms with van der Waals surface area (Å²) >= 11 is 0. The average molecular weight is 383 g/mol. The molecule has 2 heteroatoms. The van der Waals surface area contributed by atoms with E-state index < -0.39 is 0 Å². The highest BCUT2D eigenvalue weighted by atomic mass is 127. The van der Waals surface area contributed by atoms with Gasteiger partial charge in [0, 0.05) is 30.9 Å². The Balaban J connectivity index is 0.00000200. The fourth-order valence-electron chi connectivity index (χ4n) is 2.71. The summed E-state index contributed by atoms with van der Waals surface area (Å²) in [4.78, 5) is 0. The fraction of sp³-hybridized carbons (Fsp3) is 0.500. The van der Waals surface area contributed by atoms with Gasteiger partial charge >= 0.3 is 0 Å². The standard InChI is InChI=1S/C18H26N.HI/c1-4-5-6-7-8-13-19-16(3)10-11-17-14-15(2)9-12-18(17)19;/h9-12,14H,4-8,13H2,1-3H3;1H/q+1;/p-1. The topological polar surface area (TPSA) is 3.88 Å². The van der Waals surface area contributed by atoms with Gasteiger partial charge in [0.15, 0.2) is 5.69 Å². The molecule has 1 heterocycles. The van der Waals surface area contributed by atoms with E-state index >= 15 is 0 Å². The number of aryl methyl sites for hydroxylation is 3. The second-order valence-electron chi connectivity index (χ2n) is 5.60. The van der Waals surface area contributed by atoms with Crippen molar-refractivity contribution in [3.63, 3.8) is 0 Å². The molecule has 1 aromatic heterocycles.